The molecule has 0 aliphatic heterocycles. The molecule has 0 aromatic heterocycles. The summed E-state index contributed by atoms with van der Waals surface area (Å²) in [5.74, 6) is 0. The smallest absolute Gasteiger partial charge is 0.793 e. The van der Waals surface area contributed by atoms with Gasteiger partial charge in [0.15, 0.2) is 0 Å². The molecule has 0 spiro atoms. The molecule has 0 saturated heterocycles. The van der Waals surface area contributed by atoms with Crippen LogP contribution in [0.1, 0.15) is 111 Å². The molecule has 0 aromatic carbocycles. The Labute approximate surface area is 327 Å². The largest absolute Gasteiger partial charge is 4.00 e. The molecule has 0 aromatic rings. The SMILES string of the molecule is CC(C)OP([O-])(=S)SC(C)C.CC(C)OP([O-])(=S)SC(C)C.CC(C)OP([O-])(=S)SC(C)C.CC(C)OP([O-])(=S)SC(C)C.[Mo+4]. The zero-order valence-electron chi connectivity index (χ0n) is 29.3. The zero-order chi connectivity index (χ0) is 36.3. The van der Waals surface area contributed by atoms with Gasteiger partial charge in [-0.25, -0.2) is 0 Å². The normalized spacial score (nSPS) is 17.0. The standard InChI is InChI=1S/4C6H15O2PS2.Mo/c4*1-5(2)8-9(7,10)11-6(3)4;/h4*5-6H,1-4H3,(H,7,10);/q;;;;+4/p-4. The maximum Gasteiger partial charge on any atom is 4.00 e. The third-order valence-electron chi connectivity index (χ3n) is 2.72. The van der Waals surface area contributed by atoms with Crippen molar-refractivity contribution in [2.75, 3.05) is 0 Å². The van der Waals surface area contributed by atoms with Gasteiger partial charge in [0.25, 0.3) is 0 Å². The molecule has 21 heteroatoms. The van der Waals surface area contributed by atoms with E-state index in [4.69, 9.17) is 65.3 Å². The molecule has 4 unspecified atom stereocenters. The fourth-order valence-electron chi connectivity index (χ4n) is 2.16. The van der Waals surface area contributed by atoms with E-state index in [0.717, 1.165) is 0 Å². The molecular weight excluding hydrogens is 893 g/mol. The van der Waals surface area contributed by atoms with Gasteiger partial charge in [-0.3, -0.25) is 0 Å². The van der Waals surface area contributed by atoms with Gasteiger partial charge < -0.3 is 37.7 Å². The fourth-order valence-corrected chi connectivity index (χ4v) is 23.6. The monoisotopic (exact) mass is 950 g/mol. The average molecular weight is 949 g/mol. The Morgan fingerprint density at radius 3 is 0.533 bits per heavy atom. The van der Waals surface area contributed by atoms with E-state index >= 15 is 0 Å². The van der Waals surface area contributed by atoms with E-state index in [0.29, 0.717) is 0 Å². The van der Waals surface area contributed by atoms with Crippen molar-refractivity contribution in [3.8, 4) is 0 Å². The summed E-state index contributed by atoms with van der Waals surface area (Å²) < 4.78 is 20.3. The van der Waals surface area contributed by atoms with E-state index in [1.165, 1.54) is 45.5 Å². The second kappa shape index (κ2) is 29.8. The number of rotatable bonds is 16. The van der Waals surface area contributed by atoms with Crippen LogP contribution in [-0.4, -0.2) is 45.4 Å². The Morgan fingerprint density at radius 1 is 0.356 bits per heavy atom. The van der Waals surface area contributed by atoms with Crippen molar-refractivity contribution in [2.24, 2.45) is 0 Å². The molecule has 0 aliphatic rings. The van der Waals surface area contributed by atoms with Crippen LogP contribution in [0.2, 0.25) is 0 Å². The van der Waals surface area contributed by atoms with Gasteiger partial charge in [-0.1, -0.05) is 103 Å². The molecule has 274 valence electrons. The van der Waals surface area contributed by atoms with E-state index in [9.17, 15) is 19.6 Å². The minimum Gasteiger partial charge on any atom is -0.793 e. The average Bonchev–Trinajstić information content (AvgIpc) is 2.59. The number of hydrogen-bond donors (Lipinski definition) is 0. The summed E-state index contributed by atoms with van der Waals surface area (Å²) in [5, 5.41) is 1.04. The van der Waals surface area contributed by atoms with Crippen LogP contribution >= 0.6 is 68.3 Å². The van der Waals surface area contributed by atoms with Crippen LogP contribution in [0.4, 0.5) is 0 Å². The van der Waals surface area contributed by atoms with E-state index in [-0.39, 0.29) is 66.5 Å². The predicted octanol–water partition coefficient (Wildman–Crippen LogP) is 8.55. The maximum atomic E-state index is 11.4. The summed E-state index contributed by atoms with van der Waals surface area (Å²) in [6.07, 6.45) is -0.205. The van der Waals surface area contributed by atoms with Crippen LogP contribution < -0.4 is 19.6 Å². The second-order valence-corrected chi connectivity index (χ2v) is 36.9. The molecule has 0 amide bonds. The molecule has 0 rings (SSSR count). The second-order valence-electron chi connectivity index (χ2n) is 11.0. The molecule has 8 nitrogen and oxygen atoms in total. The van der Waals surface area contributed by atoms with Crippen LogP contribution in [-0.2, 0) is 86.4 Å². The van der Waals surface area contributed by atoms with Gasteiger partial charge in [0.1, 0.15) is 0 Å². The first kappa shape index (κ1) is 58.7. The van der Waals surface area contributed by atoms with E-state index in [2.05, 4.69) is 0 Å². The van der Waals surface area contributed by atoms with Crippen molar-refractivity contribution in [1.82, 2.24) is 0 Å². The van der Waals surface area contributed by atoms with Crippen molar-refractivity contribution >= 4 is 116 Å². The molecule has 45 heavy (non-hydrogen) atoms. The first-order valence-electron chi connectivity index (χ1n) is 14.0. The van der Waals surface area contributed by atoms with Crippen LogP contribution in [0.3, 0.4) is 0 Å². The first-order valence-corrected chi connectivity index (χ1v) is 30.5. The summed E-state index contributed by atoms with van der Waals surface area (Å²) in [6.45, 7) is 30.3. The minimum absolute atomic E-state index is 0. The van der Waals surface area contributed by atoms with Crippen molar-refractivity contribution in [3.63, 3.8) is 0 Å². The molecule has 0 aliphatic carbocycles. The molecule has 0 radical (unpaired) electrons. The summed E-state index contributed by atoms with van der Waals surface area (Å²) >= 11 is 24.1. The van der Waals surface area contributed by atoms with Gasteiger partial charge >= 0.3 is 21.1 Å². The van der Waals surface area contributed by atoms with Gasteiger partial charge in [0.2, 0.25) is 0 Å². The van der Waals surface area contributed by atoms with Crippen LogP contribution in [0.25, 0.3) is 0 Å². The van der Waals surface area contributed by atoms with Gasteiger partial charge in [-0.05, 0) is 55.4 Å². The van der Waals surface area contributed by atoms with Crippen molar-refractivity contribution in [3.05, 3.63) is 0 Å². The Morgan fingerprint density at radius 2 is 0.467 bits per heavy atom. The third-order valence-corrected chi connectivity index (χ3v) is 21.5. The Hall–Kier alpha value is 4.37. The molecule has 4 atom stereocenters. The van der Waals surface area contributed by atoms with Crippen molar-refractivity contribution in [2.45, 2.75) is 156 Å². The Kier molecular flexibility index (Phi) is 38.8. The van der Waals surface area contributed by atoms with Gasteiger partial charge in [0, 0.05) is 43.8 Å². The zero-order valence-corrected chi connectivity index (χ0v) is 41.5. The van der Waals surface area contributed by atoms with E-state index in [1.54, 1.807) is 0 Å². The van der Waals surface area contributed by atoms with E-state index in [1.807, 2.05) is 111 Å². The first-order chi connectivity index (χ1) is 19.3. The Balaban J connectivity index is -0.000000157. The molecular formula is C24H56MoO8P4S8. The van der Waals surface area contributed by atoms with Crippen LogP contribution in [0.5, 0.6) is 0 Å². The van der Waals surface area contributed by atoms with Crippen molar-refractivity contribution < 1.29 is 58.7 Å². The fraction of sp³-hybridized carbons (Fsp3) is 1.00. The van der Waals surface area contributed by atoms with Gasteiger partial charge in [-0.15, -0.1) is 45.5 Å². The third kappa shape index (κ3) is 52.8. The summed E-state index contributed by atoms with van der Waals surface area (Å²) in [7, 11) is 0. The molecule has 0 heterocycles. The van der Waals surface area contributed by atoms with Gasteiger partial charge in [0.05, 0.1) is 24.4 Å². The van der Waals surface area contributed by atoms with E-state index < -0.39 is 22.8 Å². The maximum absolute atomic E-state index is 11.4. The molecule has 0 saturated carbocycles. The molecule has 0 N–H and O–H groups in total. The number of hydrogen-bond acceptors (Lipinski definition) is 16. The summed E-state index contributed by atoms with van der Waals surface area (Å²) in [6, 6.07) is 0. The quantitative estimate of drug-likeness (QED) is 0.108. The minimum atomic E-state index is -2.80. The van der Waals surface area contributed by atoms with Gasteiger partial charge in [-0.2, -0.15) is 0 Å². The summed E-state index contributed by atoms with van der Waals surface area (Å²) in [4.78, 5) is 45.6. The topological polar surface area (TPSA) is 129 Å². The predicted molar refractivity (Wildman–Crippen MR) is 213 cm³/mol. The molecule has 0 fully saturated rings. The van der Waals surface area contributed by atoms with Crippen LogP contribution in [0, 0.1) is 0 Å². The van der Waals surface area contributed by atoms with Crippen molar-refractivity contribution in [1.29, 1.82) is 0 Å². The summed E-state index contributed by atoms with van der Waals surface area (Å²) in [5.41, 5.74) is -11.2. The van der Waals surface area contributed by atoms with Crippen LogP contribution in [0.15, 0.2) is 0 Å². The Bertz CT molecular complexity index is 730. The molecule has 0 bridgehead atoms.